The molecular formula is C25H31N5OSi. The lowest BCUT2D eigenvalue weighted by Crippen LogP contribution is -2.44. The number of fused-ring (bicyclic) bond motifs is 2. The first-order valence-electron chi connectivity index (χ1n) is 10.9. The first kappa shape index (κ1) is 22.2. The number of aromatic nitrogens is 4. The van der Waals surface area contributed by atoms with Crippen molar-refractivity contribution in [2.75, 3.05) is 5.73 Å². The topological polar surface area (TPSA) is 78.9 Å². The number of nitrogen functional groups attached to an aromatic ring is 1. The van der Waals surface area contributed by atoms with Crippen molar-refractivity contribution in [3.8, 4) is 11.1 Å². The van der Waals surface area contributed by atoms with Gasteiger partial charge in [0.1, 0.15) is 17.8 Å². The van der Waals surface area contributed by atoms with Crippen molar-refractivity contribution in [1.29, 1.82) is 0 Å². The van der Waals surface area contributed by atoms with Gasteiger partial charge in [0.05, 0.1) is 23.6 Å². The Balaban J connectivity index is 1.78. The Morgan fingerprint density at radius 3 is 2.66 bits per heavy atom. The van der Waals surface area contributed by atoms with E-state index in [-0.39, 0.29) is 11.1 Å². The summed E-state index contributed by atoms with van der Waals surface area (Å²) >= 11 is 0. The molecule has 0 aliphatic rings. The van der Waals surface area contributed by atoms with Gasteiger partial charge in [0.2, 0.25) is 0 Å². The molecule has 0 amide bonds. The lowest BCUT2D eigenvalue weighted by Gasteiger charge is -2.38. The smallest absolute Gasteiger partial charge is 0.192 e. The van der Waals surface area contributed by atoms with Crippen LogP contribution in [0.1, 0.15) is 20.8 Å². The van der Waals surface area contributed by atoms with Gasteiger partial charge in [-0.05, 0) is 30.3 Å². The van der Waals surface area contributed by atoms with Gasteiger partial charge in [-0.25, -0.2) is 9.97 Å². The van der Waals surface area contributed by atoms with Crippen molar-refractivity contribution < 1.29 is 4.43 Å². The van der Waals surface area contributed by atoms with E-state index in [2.05, 4.69) is 78.3 Å². The molecule has 1 atom stereocenters. The lowest BCUT2D eigenvalue weighted by atomic mass is 10.1. The molecule has 0 saturated heterocycles. The van der Waals surface area contributed by atoms with E-state index in [0.717, 1.165) is 33.1 Å². The van der Waals surface area contributed by atoms with Crippen molar-refractivity contribution in [1.82, 2.24) is 19.5 Å². The van der Waals surface area contributed by atoms with Crippen molar-refractivity contribution in [2.24, 2.45) is 0 Å². The van der Waals surface area contributed by atoms with Crippen molar-refractivity contribution in [2.45, 2.75) is 51.6 Å². The highest BCUT2D eigenvalue weighted by Crippen LogP contribution is 2.38. The van der Waals surface area contributed by atoms with E-state index in [0.29, 0.717) is 12.4 Å². The van der Waals surface area contributed by atoms with Crippen molar-refractivity contribution in [3.05, 3.63) is 61.7 Å². The molecule has 7 heteroatoms. The molecule has 3 aromatic heterocycles. The van der Waals surface area contributed by atoms with Crippen molar-refractivity contribution in [3.63, 3.8) is 0 Å². The first-order valence-corrected chi connectivity index (χ1v) is 13.8. The molecule has 3 heterocycles. The Labute approximate surface area is 190 Å². The number of anilines is 1. The van der Waals surface area contributed by atoms with Gasteiger partial charge >= 0.3 is 0 Å². The summed E-state index contributed by atoms with van der Waals surface area (Å²) in [6.07, 6.45) is 7.21. The molecule has 0 aliphatic carbocycles. The lowest BCUT2D eigenvalue weighted by molar-refractivity contribution is 0.206. The molecule has 1 unspecified atom stereocenters. The minimum absolute atomic E-state index is 0.113. The van der Waals surface area contributed by atoms with Crippen LogP contribution in [0, 0.1) is 0 Å². The molecule has 4 rings (SSSR count). The van der Waals surface area contributed by atoms with Crippen LogP contribution < -0.4 is 5.73 Å². The van der Waals surface area contributed by atoms with Gasteiger partial charge in [-0.3, -0.25) is 4.98 Å². The number of hydrogen-bond acceptors (Lipinski definition) is 5. The summed E-state index contributed by atoms with van der Waals surface area (Å²) in [5, 5.41) is 2.02. The second-order valence-corrected chi connectivity index (χ2v) is 14.5. The van der Waals surface area contributed by atoms with Crippen LogP contribution in [0.3, 0.4) is 0 Å². The summed E-state index contributed by atoms with van der Waals surface area (Å²) < 4.78 is 8.71. The van der Waals surface area contributed by atoms with Crippen LogP contribution in [-0.4, -0.2) is 33.9 Å². The molecule has 32 heavy (non-hydrogen) atoms. The fourth-order valence-corrected chi connectivity index (χ4v) is 4.91. The Morgan fingerprint density at radius 2 is 1.94 bits per heavy atom. The van der Waals surface area contributed by atoms with Gasteiger partial charge in [0.25, 0.3) is 0 Å². The Kier molecular flexibility index (Phi) is 5.64. The monoisotopic (exact) mass is 445 g/mol. The van der Waals surface area contributed by atoms with Gasteiger partial charge in [0.15, 0.2) is 8.32 Å². The van der Waals surface area contributed by atoms with E-state index in [9.17, 15) is 0 Å². The summed E-state index contributed by atoms with van der Waals surface area (Å²) in [6.45, 7) is 15.9. The van der Waals surface area contributed by atoms with Crippen LogP contribution in [0.5, 0.6) is 0 Å². The van der Waals surface area contributed by atoms with Gasteiger partial charge in [-0.15, -0.1) is 6.58 Å². The summed E-state index contributed by atoms with van der Waals surface area (Å²) in [4.78, 5) is 13.4. The van der Waals surface area contributed by atoms with E-state index < -0.39 is 8.32 Å². The zero-order valence-corrected chi connectivity index (χ0v) is 20.5. The summed E-state index contributed by atoms with van der Waals surface area (Å²) in [7, 11) is -1.96. The largest absolute Gasteiger partial charge is 0.409 e. The minimum Gasteiger partial charge on any atom is -0.409 e. The molecule has 2 N–H and O–H groups in total. The van der Waals surface area contributed by atoms with E-state index in [1.807, 2.05) is 30.5 Å². The average Bonchev–Trinajstić information content (AvgIpc) is 3.11. The van der Waals surface area contributed by atoms with Gasteiger partial charge < -0.3 is 14.7 Å². The molecule has 4 aromatic rings. The molecule has 0 bridgehead atoms. The minimum atomic E-state index is -1.96. The number of hydrogen-bond donors (Lipinski definition) is 1. The van der Waals surface area contributed by atoms with Crippen LogP contribution in [0.25, 0.3) is 33.1 Å². The van der Waals surface area contributed by atoms with Gasteiger partial charge in [0, 0.05) is 28.9 Å². The molecule has 0 saturated carbocycles. The van der Waals surface area contributed by atoms with Gasteiger partial charge in [-0.1, -0.05) is 45.0 Å². The van der Waals surface area contributed by atoms with E-state index in [1.54, 1.807) is 0 Å². The number of nitrogens with zero attached hydrogens (tertiary/aromatic N) is 4. The molecule has 0 radical (unpaired) electrons. The number of benzene rings is 1. The average molecular weight is 446 g/mol. The summed E-state index contributed by atoms with van der Waals surface area (Å²) in [6, 6.07) is 10.2. The van der Waals surface area contributed by atoms with Crippen LogP contribution >= 0.6 is 0 Å². The second kappa shape index (κ2) is 8.15. The third kappa shape index (κ3) is 4.05. The highest BCUT2D eigenvalue weighted by molar-refractivity contribution is 6.74. The van der Waals surface area contributed by atoms with Crippen LogP contribution in [0.2, 0.25) is 18.1 Å². The molecule has 0 fully saturated rings. The number of rotatable bonds is 6. The summed E-state index contributed by atoms with van der Waals surface area (Å²) in [5.74, 6) is 0.456. The van der Waals surface area contributed by atoms with E-state index in [4.69, 9.17) is 10.2 Å². The highest BCUT2D eigenvalue weighted by atomic mass is 28.4. The highest BCUT2D eigenvalue weighted by Gasteiger charge is 2.38. The maximum Gasteiger partial charge on any atom is 0.192 e. The predicted molar refractivity (Wildman–Crippen MR) is 135 cm³/mol. The Bertz CT molecular complexity index is 1290. The zero-order valence-electron chi connectivity index (χ0n) is 19.5. The van der Waals surface area contributed by atoms with E-state index in [1.165, 1.54) is 6.33 Å². The maximum atomic E-state index is 6.62. The molecule has 6 nitrogen and oxygen atoms in total. The normalized spacial score (nSPS) is 13.5. The maximum absolute atomic E-state index is 6.62. The standard InChI is InChI=1S/C25H31N5OSi/c1-7-19(31-32(5,6)25(2,3)4)14-30-15-20(22-23(26)28-16-29-24(22)30)18-12-17-10-8-9-11-21(17)27-13-18/h7-13,15-16,19H,1,14H2,2-6H3,(H2,26,28,29). The predicted octanol–water partition coefficient (Wildman–Crippen LogP) is 5.81. The fraction of sp³-hybridized carbons (Fsp3) is 0.320. The molecular weight excluding hydrogens is 414 g/mol. The van der Waals surface area contributed by atoms with Crippen LogP contribution in [-0.2, 0) is 11.0 Å². The third-order valence-corrected chi connectivity index (χ3v) is 11.0. The number of pyridine rings is 1. The molecule has 0 spiro atoms. The Morgan fingerprint density at radius 1 is 1.19 bits per heavy atom. The van der Waals surface area contributed by atoms with E-state index >= 15 is 0 Å². The second-order valence-electron chi connectivity index (χ2n) is 9.72. The SMILES string of the molecule is C=CC(Cn1cc(-c2cnc3ccccc3c2)c2c(N)ncnc21)O[Si](C)(C)C(C)(C)C. The molecule has 0 aliphatic heterocycles. The fourth-order valence-electron chi connectivity index (χ4n) is 3.63. The Hall–Kier alpha value is -3.03. The quantitative estimate of drug-likeness (QED) is 0.299. The molecule has 166 valence electrons. The van der Waals surface area contributed by atoms with Crippen molar-refractivity contribution >= 4 is 36.1 Å². The first-order chi connectivity index (χ1) is 15.1. The van der Waals surface area contributed by atoms with Crippen LogP contribution in [0.15, 0.2) is 61.7 Å². The van der Waals surface area contributed by atoms with Crippen LogP contribution in [0.4, 0.5) is 5.82 Å². The molecule has 1 aromatic carbocycles. The number of nitrogens with two attached hydrogens (primary N) is 1. The zero-order chi connectivity index (χ0) is 23.1. The summed E-state index contributed by atoms with van der Waals surface area (Å²) in [5.41, 5.74) is 10.00. The number of para-hydroxylation sites is 1. The van der Waals surface area contributed by atoms with Gasteiger partial charge in [-0.2, -0.15) is 0 Å². The third-order valence-electron chi connectivity index (χ3n) is 6.48.